The maximum atomic E-state index is 12.5. The highest BCUT2D eigenvalue weighted by atomic mass is 19.4. The van der Waals surface area contributed by atoms with Crippen molar-refractivity contribution in [2.45, 2.75) is 32.0 Å². The first-order valence-corrected chi connectivity index (χ1v) is 5.99. The molecule has 1 unspecified atom stereocenters. The summed E-state index contributed by atoms with van der Waals surface area (Å²) in [5.74, 6) is -0.666. The summed E-state index contributed by atoms with van der Waals surface area (Å²) >= 11 is 0. The van der Waals surface area contributed by atoms with Crippen LogP contribution < -0.4 is 10.6 Å². The van der Waals surface area contributed by atoms with Crippen molar-refractivity contribution in [3.63, 3.8) is 0 Å². The quantitative estimate of drug-likeness (QED) is 0.866. The molecule has 0 aliphatic rings. The van der Waals surface area contributed by atoms with Crippen molar-refractivity contribution in [2.24, 2.45) is 0 Å². The lowest BCUT2D eigenvalue weighted by Gasteiger charge is -2.19. The maximum Gasteiger partial charge on any atom is 0.404 e. The van der Waals surface area contributed by atoms with E-state index in [1.165, 1.54) is 7.05 Å². The Morgan fingerprint density at radius 1 is 1.26 bits per heavy atom. The molecular weight excluding hydrogens is 257 g/mol. The van der Waals surface area contributed by atoms with Crippen molar-refractivity contribution < 1.29 is 18.0 Å². The predicted molar refractivity (Wildman–Crippen MR) is 68.0 cm³/mol. The number of hydrogen-bond donors (Lipinski definition) is 2. The molecule has 106 valence electrons. The van der Waals surface area contributed by atoms with Crippen molar-refractivity contribution in [3.05, 3.63) is 29.8 Å². The Morgan fingerprint density at radius 2 is 1.84 bits per heavy atom. The first-order chi connectivity index (χ1) is 8.86. The van der Waals surface area contributed by atoms with Gasteiger partial charge in [-0.05, 0) is 31.2 Å². The third kappa shape index (κ3) is 4.90. The van der Waals surface area contributed by atoms with Gasteiger partial charge in [0, 0.05) is 5.69 Å². The van der Waals surface area contributed by atoms with Crippen molar-refractivity contribution in [2.75, 3.05) is 12.4 Å². The minimum atomic E-state index is -4.43. The van der Waals surface area contributed by atoms with Crippen molar-refractivity contribution in [1.82, 2.24) is 5.32 Å². The number of carbonyl (C=O) groups excluding carboxylic acids is 1. The van der Waals surface area contributed by atoms with E-state index in [-0.39, 0.29) is 0 Å². The number of alkyl halides is 3. The van der Waals surface area contributed by atoms with Gasteiger partial charge in [-0.15, -0.1) is 0 Å². The van der Waals surface area contributed by atoms with Gasteiger partial charge in [0.15, 0.2) is 0 Å². The molecular formula is C13H17F3N2O. The molecule has 2 N–H and O–H groups in total. The fraction of sp³-hybridized carbons (Fsp3) is 0.462. The van der Waals surface area contributed by atoms with Crippen LogP contribution in [-0.4, -0.2) is 25.2 Å². The van der Waals surface area contributed by atoms with Crippen molar-refractivity contribution >= 4 is 11.6 Å². The van der Waals surface area contributed by atoms with Crippen molar-refractivity contribution in [3.8, 4) is 0 Å². The summed E-state index contributed by atoms with van der Waals surface area (Å²) in [6.07, 6.45) is -4.21. The molecule has 1 aromatic carbocycles. The molecule has 0 heterocycles. The van der Waals surface area contributed by atoms with Crippen LogP contribution in [0.3, 0.4) is 0 Å². The molecule has 0 spiro atoms. The van der Waals surface area contributed by atoms with Crippen molar-refractivity contribution in [1.29, 1.82) is 0 Å². The number of halogens is 3. The summed E-state index contributed by atoms with van der Waals surface area (Å²) in [4.78, 5) is 11.5. The van der Waals surface area contributed by atoms with Crippen LogP contribution in [0.2, 0.25) is 0 Å². The molecule has 1 amide bonds. The van der Waals surface area contributed by atoms with E-state index in [9.17, 15) is 18.0 Å². The highest BCUT2D eigenvalue weighted by molar-refractivity contribution is 5.91. The molecule has 0 aromatic heterocycles. The van der Waals surface area contributed by atoms with Gasteiger partial charge in [0.1, 0.15) is 6.04 Å². The number of benzene rings is 1. The van der Waals surface area contributed by atoms with Gasteiger partial charge < -0.3 is 10.6 Å². The minimum absolute atomic E-state index is 0.499. The molecule has 1 rings (SSSR count). The first-order valence-electron chi connectivity index (χ1n) is 5.99. The normalized spacial score (nSPS) is 13.1. The van der Waals surface area contributed by atoms with Gasteiger partial charge in [0.05, 0.1) is 6.42 Å². The Bertz CT molecular complexity index is 415. The number of hydrogen-bond acceptors (Lipinski definition) is 2. The molecule has 0 saturated carbocycles. The minimum Gasteiger partial charge on any atom is -0.326 e. The van der Waals surface area contributed by atoms with Gasteiger partial charge >= 0.3 is 6.18 Å². The second-order valence-electron chi connectivity index (χ2n) is 4.19. The topological polar surface area (TPSA) is 41.1 Å². The van der Waals surface area contributed by atoms with E-state index in [1.54, 1.807) is 12.1 Å². The highest BCUT2D eigenvalue weighted by Crippen LogP contribution is 2.22. The Kier molecular flexibility index (Phi) is 5.35. The van der Waals surface area contributed by atoms with Gasteiger partial charge in [-0.2, -0.15) is 13.2 Å². The van der Waals surface area contributed by atoms with E-state index < -0.39 is 24.5 Å². The molecule has 0 fully saturated rings. The average molecular weight is 274 g/mol. The lowest BCUT2D eigenvalue weighted by molar-refractivity contribution is -0.159. The Balaban J connectivity index is 2.59. The monoisotopic (exact) mass is 274 g/mol. The maximum absolute atomic E-state index is 12.5. The summed E-state index contributed by atoms with van der Waals surface area (Å²) in [6, 6.07) is 5.18. The lowest BCUT2D eigenvalue weighted by atomic mass is 10.1. The second-order valence-corrected chi connectivity index (χ2v) is 4.19. The second kappa shape index (κ2) is 6.56. The molecule has 0 bridgehead atoms. The zero-order valence-corrected chi connectivity index (χ0v) is 10.8. The van der Waals surface area contributed by atoms with Crippen LogP contribution >= 0.6 is 0 Å². The summed E-state index contributed by atoms with van der Waals surface area (Å²) in [6.45, 7) is 1.99. The third-order valence-electron chi connectivity index (χ3n) is 2.78. The first kappa shape index (κ1) is 15.5. The lowest BCUT2D eigenvalue weighted by Crippen LogP contribution is -2.42. The van der Waals surface area contributed by atoms with Gasteiger partial charge in [0.2, 0.25) is 5.91 Å². The summed E-state index contributed by atoms with van der Waals surface area (Å²) in [5.41, 5.74) is 1.60. The Hall–Kier alpha value is -1.56. The fourth-order valence-electron chi connectivity index (χ4n) is 1.60. The SMILES string of the molecule is CCc1ccc(NC(=O)CC(NC)C(F)(F)F)cc1. The van der Waals surface area contributed by atoms with Crippen LogP contribution in [0.25, 0.3) is 0 Å². The predicted octanol–water partition coefficient (Wildman–Crippen LogP) is 2.73. The molecule has 6 heteroatoms. The standard InChI is InChI=1S/C13H17F3N2O/c1-3-9-4-6-10(7-5-9)18-12(19)8-11(17-2)13(14,15)16/h4-7,11,17H,3,8H2,1-2H3,(H,18,19). The number of carbonyl (C=O) groups is 1. The van der Waals surface area contributed by atoms with E-state index >= 15 is 0 Å². The molecule has 0 radical (unpaired) electrons. The van der Waals surface area contributed by atoms with Crippen LogP contribution in [0.4, 0.5) is 18.9 Å². The van der Waals surface area contributed by atoms with Gasteiger partial charge in [-0.1, -0.05) is 19.1 Å². The highest BCUT2D eigenvalue weighted by Gasteiger charge is 2.39. The molecule has 19 heavy (non-hydrogen) atoms. The smallest absolute Gasteiger partial charge is 0.326 e. The molecule has 0 saturated heterocycles. The largest absolute Gasteiger partial charge is 0.404 e. The zero-order valence-electron chi connectivity index (χ0n) is 10.8. The number of aryl methyl sites for hydroxylation is 1. The molecule has 0 aliphatic carbocycles. The van der Waals surface area contributed by atoms with E-state index in [4.69, 9.17) is 0 Å². The van der Waals surface area contributed by atoms with Crippen LogP contribution in [0.1, 0.15) is 18.9 Å². The Morgan fingerprint density at radius 3 is 2.26 bits per heavy atom. The van der Waals surface area contributed by atoms with Crippen LogP contribution in [0.5, 0.6) is 0 Å². The molecule has 3 nitrogen and oxygen atoms in total. The van der Waals surface area contributed by atoms with Gasteiger partial charge in [0.25, 0.3) is 0 Å². The summed E-state index contributed by atoms with van der Waals surface area (Å²) < 4.78 is 37.4. The molecule has 1 aromatic rings. The molecule has 1 atom stereocenters. The fourth-order valence-corrected chi connectivity index (χ4v) is 1.60. The number of amides is 1. The van der Waals surface area contributed by atoms with Crippen LogP contribution in [-0.2, 0) is 11.2 Å². The van der Waals surface area contributed by atoms with E-state index in [1.807, 2.05) is 19.1 Å². The summed E-state index contributed by atoms with van der Waals surface area (Å²) in [7, 11) is 1.18. The number of nitrogens with one attached hydrogen (secondary N) is 2. The zero-order chi connectivity index (χ0) is 14.5. The average Bonchev–Trinajstić information content (AvgIpc) is 2.35. The van der Waals surface area contributed by atoms with Gasteiger partial charge in [-0.25, -0.2) is 0 Å². The van der Waals surface area contributed by atoms with E-state index in [2.05, 4.69) is 10.6 Å². The molecule has 0 aliphatic heterocycles. The number of rotatable bonds is 5. The van der Waals surface area contributed by atoms with Gasteiger partial charge in [-0.3, -0.25) is 4.79 Å². The summed E-state index contributed by atoms with van der Waals surface area (Å²) in [5, 5.41) is 4.54. The number of anilines is 1. The van der Waals surface area contributed by atoms with E-state index in [0.29, 0.717) is 5.69 Å². The van der Waals surface area contributed by atoms with Crippen LogP contribution in [0, 0.1) is 0 Å². The van der Waals surface area contributed by atoms with Crippen LogP contribution in [0.15, 0.2) is 24.3 Å². The third-order valence-corrected chi connectivity index (χ3v) is 2.78. The van der Waals surface area contributed by atoms with E-state index in [0.717, 1.165) is 12.0 Å². The Labute approximate surface area is 110 Å².